The van der Waals surface area contributed by atoms with Crippen LogP contribution in [-0.4, -0.2) is 12.2 Å². The number of unbranched alkanes of at least 4 members (excludes halogenated alkanes) is 2. The average Bonchev–Trinajstić information content (AvgIpc) is 2.29. The van der Waals surface area contributed by atoms with E-state index < -0.39 is 12.2 Å². The van der Waals surface area contributed by atoms with E-state index in [0.717, 1.165) is 19.3 Å². The molecular weight excluding hydrogens is 224 g/mol. The van der Waals surface area contributed by atoms with Crippen LogP contribution in [0.4, 0.5) is 14.5 Å². The largest absolute Gasteiger partial charge is 0.480 e. The van der Waals surface area contributed by atoms with Crippen molar-refractivity contribution in [3.63, 3.8) is 0 Å². The maximum atomic E-state index is 13.7. The van der Waals surface area contributed by atoms with Gasteiger partial charge in [-0.1, -0.05) is 31.9 Å². The molecule has 1 heterocycles. The molecule has 1 aromatic rings. The Morgan fingerprint density at radius 3 is 2.82 bits per heavy atom. The summed E-state index contributed by atoms with van der Waals surface area (Å²) in [6, 6.07) is 3.83. The highest BCUT2D eigenvalue weighted by Crippen LogP contribution is 2.38. The molecule has 0 saturated carbocycles. The number of benzene rings is 1. The van der Waals surface area contributed by atoms with Crippen molar-refractivity contribution < 1.29 is 13.5 Å². The van der Waals surface area contributed by atoms with E-state index in [1.807, 2.05) is 6.92 Å². The zero-order valence-corrected chi connectivity index (χ0v) is 9.88. The molecule has 2 nitrogen and oxygen atoms in total. The van der Waals surface area contributed by atoms with Crippen molar-refractivity contribution in [3.8, 4) is 5.75 Å². The molecular formula is C13H17F2NO. The lowest BCUT2D eigenvalue weighted by Crippen LogP contribution is -2.47. The second kappa shape index (κ2) is 4.90. The monoisotopic (exact) mass is 241 g/mol. The van der Waals surface area contributed by atoms with Gasteiger partial charge in [-0.2, -0.15) is 8.78 Å². The predicted molar refractivity (Wildman–Crippen MR) is 63.6 cm³/mol. The van der Waals surface area contributed by atoms with Gasteiger partial charge in [0.1, 0.15) is 5.75 Å². The van der Waals surface area contributed by atoms with E-state index in [9.17, 15) is 8.78 Å². The second-order valence-corrected chi connectivity index (χ2v) is 4.35. The van der Waals surface area contributed by atoms with Gasteiger partial charge in [0.15, 0.2) is 6.10 Å². The van der Waals surface area contributed by atoms with E-state index in [1.54, 1.807) is 24.3 Å². The number of alkyl halides is 2. The fraction of sp³-hybridized carbons (Fsp3) is 0.538. The van der Waals surface area contributed by atoms with Gasteiger partial charge in [-0.05, 0) is 25.0 Å². The third-order valence-electron chi connectivity index (χ3n) is 2.93. The summed E-state index contributed by atoms with van der Waals surface area (Å²) >= 11 is 0. The highest BCUT2D eigenvalue weighted by Gasteiger charge is 2.44. The Bertz CT molecular complexity index is 381. The van der Waals surface area contributed by atoms with Crippen molar-refractivity contribution >= 4 is 5.69 Å². The molecule has 0 radical (unpaired) electrons. The second-order valence-electron chi connectivity index (χ2n) is 4.35. The molecule has 1 atom stereocenters. The minimum atomic E-state index is -2.98. The van der Waals surface area contributed by atoms with E-state index >= 15 is 0 Å². The Morgan fingerprint density at radius 2 is 2.06 bits per heavy atom. The molecule has 1 N–H and O–H groups in total. The van der Waals surface area contributed by atoms with Gasteiger partial charge in [0.2, 0.25) is 0 Å². The van der Waals surface area contributed by atoms with Crippen LogP contribution in [0.15, 0.2) is 24.3 Å². The summed E-state index contributed by atoms with van der Waals surface area (Å²) in [5, 5.41) is 2.25. The van der Waals surface area contributed by atoms with Crippen molar-refractivity contribution in [3.05, 3.63) is 24.3 Å². The standard InChI is InChI=1S/C13H17F2NO/c1-2-3-4-9-12-13(14,15)16-10-7-5-6-8-11(10)17-12/h5-8,12,16H,2-4,9H2,1H3. The van der Waals surface area contributed by atoms with Gasteiger partial charge >= 0.3 is 6.05 Å². The van der Waals surface area contributed by atoms with Gasteiger partial charge in [0.25, 0.3) is 0 Å². The first kappa shape index (κ1) is 12.1. The Morgan fingerprint density at radius 1 is 1.29 bits per heavy atom. The maximum absolute atomic E-state index is 13.7. The molecule has 0 saturated heterocycles. The summed E-state index contributed by atoms with van der Waals surface area (Å²) in [7, 11) is 0. The minimum Gasteiger partial charge on any atom is -0.480 e. The first-order valence-electron chi connectivity index (χ1n) is 6.05. The van der Waals surface area contributed by atoms with Crippen LogP contribution in [0.1, 0.15) is 32.6 Å². The molecule has 0 amide bonds. The molecule has 0 bridgehead atoms. The van der Waals surface area contributed by atoms with E-state index in [2.05, 4.69) is 5.32 Å². The Balaban J connectivity index is 2.08. The van der Waals surface area contributed by atoms with Crippen molar-refractivity contribution in [1.82, 2.24) is 0 Å². The lowest BCUT2D eigenvalue weighted by Gasteiger charge is -2.34. The van der Waals surface area contributed by atoms with Crippen LogP contribution in [-0.2, 0) is 0 Å². The van der Waals surface area contributed by atoms with Crippen LogP contribution in [0.5, 0.6) is 5.75 Å². The molecule has 94 valence electrons. The molecule has 1 unspecified atom stereocenters. The van der Waals surface area contributed by atoms with E-state index in [0.29, 0.717) is 17.9 Å². The third-order valence-corrected chi connectivity index (χ3v) is 2.93. The van der Waals surface area contributed by atoms with Crippen LogP contribution < -0.4 is 10.1 Å². The van der Waals surface area contributed by atoms with Gasteiger partial charge in [-0.3, -0.25) is 0 Å². The fourth-order valence-corrected chi connectivity index (χ4v) is 1.98. The molecule has 1 aromatic carbocycles. The smallest absolute Gasteiger partial charge is 0.359 e. The number of nitrogens with one attached hydrogen (secondary N) is 1. The highest BCUT2D eigenvalue weighted by molar-refractivity contribution is 5.58. The molecule has 0 spiro atoms. The molecule has 1 aliphatic heterocycles. The summed E-state index contributed by atoms with van der Waals surface area (Å²) in [6.45, 7) is 2.05. The molecule has 17 heavy (non-hydrogen) atoms. The Labute approximate surface area is 100.0 Å². The summed E-state index contributed by atoms with van der Waals surface area (Å²) < 4.78 is 32.9. The normalized spacial score (nSPS) is 21.2. The lowest BCUT2D eigenvalue weighted by atomic mass is 10.1. The predicted octanol–water partition coefficient (Wildman–Crippen LogP) is 4.03. The zero-order valence-electron chi connectivity index (χ0n) is 9.88. The SMILES string of the molecule is CCCCCC1Oc2ccccc2NC1(F)F. The third kappa shape index (κ3) is 2.68. The Hall–Kier alpha value is -1.32. The maximum Gasteiger partial charge on any atom is 0.359 e. The van der Waals surface area contributed by atoms with E-state index in [4.69, 9.17) is 4.74 Å². The Kier molecular flexibility index (Phi) is 3.50. The van der Waals surface area contributed by atoms with Crippen molar-refractivity contribution in [2.75, 3.05) is 5.32 Å². The average molecular weight is 241 g/mol. The van der Waals surface area contributed by atoms with E-state index in [1.165, 1.54) is 0 Å². The number of fused-ring (bicyclic) bond motifs is 1. The first-order valence-corrected chi connectivity index (χ1v) is 6.05. The number of halogens is 2. The number of anilines is 1. The molecule has 1 aliphatic rings. The highest BCUT2D eigenvalue weighted by atomic mass is 19.3. The van der Waals surface area contributed by atoms with Crippen LogP contribution >= 0.6 is 0 Å². The van der Waals surface area contributed by atoms with Crippen molar-refractivity contribution in [2.45, 2.75) is 44.8 Å². The quantitative estimate of drug-likeness (QED) is 0.634. The number of hydrogen-bond acceptors (Lipinski definition) is 2. The van der Waals surface area contributed by atoms with Crippen LogP contribution in [0.2, 0.25) is 0 Å². The summed E-state index contributed by atoms with van der Waals surface area (Å²) in [6.07, 6.45) is 2.05. The van der Waals surface area contributed by atoms with Crippen LogP contribution in [0.25, 0.3) is 0 Å². The topological polar surface area (TPSA) is 21.3 Å². The lowest BCUT2D eigenvalue weighted by molar-refractivity contribution is -0.0839. The van der Waals surface area contributed by atoms with Gasteiger partial charge < -0.3 is 10.1 Å². The molecule has 0 aromatic heterocycles. The first-order chi connectivity index (χ1) is 8.13. The van der Waals surface area contributed by atoms with Crippen LogP contribution in [0, 0.1) is 0 Å². The summed E-state index contributed by atoms with van der Waals surface area (Å²) in [5.41, 5.74) is 0.365. The summed E-state index contributed by atoms with van der Waals surface area (Å²) in [5.74, 6) is 0.514. The number of rotatable bonds is 4. The van der Waals surface area contributed by atoms with Crippen molar-refractivity contribution in [2.24, 2.45) is 0 Å². The molecule has 2 rings (SSSR count). The van der Waals surface area contributed by atoms with Gasteiger partial charge in [-0.25, -0.2) is 0 Å². The number of hydrogen-bond donors (Lipinski definition) is 1. The molecule has 0 fully saturated rings. The van der Waals surface area contributed by atoms with E-state index in [-0.39, 0.29) is 0 Å². The van der Waals surface area contributed by atoms with Crippen molar-refractivity contribution in [1.29, 1.82) is 0 Å². The van der Waals surface area contributed by atoms with Gasteiger partial charge in [-0.15, -0.1) is 0 Å². The molecule has 4 heteroatoms. The zero-order chi connectivity index (χ0) is 12.3. The molecule has 0 aliphatic carbocycles. The number of ether oxygens (including phenoxy) is 1. The van der Waals surface area contributed by atoms with Crippen LogP contribution in [0.3, 0.4) is 0 Å². The minimum absolute atomic E-state index is 0.365. The number of para-hydroxylation sites is 2. The van der Waals surface area contributed by atoms with Gasteiger partial charge in [0.05, 0.1) is 5.69 Å². The fourth-order valence-electron chi connectivity index (χ4n) is 1.98. The summed E-state index contributed by atoms with van der Waals surface area (Å²) in [4.78, 5) is 0. The van der Waals surface area contributed by atoms with Gasteiger partial charge in [0, 0.05) is 0 Å².